The van der Waals surface area contributed by atoms with Gasteiger partial charge in [-0.1, -0.05) is 66.2 Å². The molecule has 3 aliphatic carbocycles. The highest BCUT2D eigenvalue weighted by atomic mass is 35.5. The summed E-state index contributed by atoms with van der Waals surface area (Å²) >= 11 is 6.18. The number of nitrogens with zero attached hydrogens (tertiary/aromatic N) is 1. The summed E-state index contributed by atoms with van der Waals surface area (Å²) in [5.74, 6) is -1.82. The molecule has 4 aromatic rings. The molecule has 0 saturated carbocycles. The van der Waals surface area contributed by atoms with Crippen molar-refractivity contribution in [3.63, 3.8) is 0 Å². The third-order valence-corrected chi connectivity index (χ3v) is 8.76. The number of amides is 3. The molecular weight excluding hydrogens is 496 g/mol. The van der Waals surface area contributed by atoms with Crippen LogP contribution >= 0.6 is 11.6 Å². The lowest BCUT2D eigenvalue weighted by molar-refractivity contribution is -0.122. The normalized spacial score (nSPS) is 22.6. The number of benzene rings is 4. The molecular formula is C32H23ClN2O3. The summed E-state index contributed by atoms with van der Waals surface area (Å²) in [5.41, 5.74) is 6.89. The maximum absolute atomic E-state index is 13.9. The first kappa shape index (κ1) is 22.9. The van der Waals surface area contributed by atoms with Gasteiger partial charge in [-0.15, -0.1) is 0 Å². The van der Waals surface area contributed by atoms with Crippen LogP contribution in [0.2, 0.25) is 5.02 Å². The highest BCUT2D eigenvalue weighted by Crippen LogP contribution is 2.61. The van der Waals surface area contributed by atoms with Gasteiger partial charge in [-0.25, -0.2) is 4.90 Å². The van der Waals surface area contributed by atoms with Crippen molar-refractivity contribution in [2.45, 2.75) is 18.8 Å². The number of imide groups is 1. The average molecular weight is 519 g/mol. The Bertz CT molecular complexity index is 1550. The number of halogens is 1. The van der Waals surface area contributed by atoms with Gasteiger partial charge < -0.3 is 5.32 Å². The van der Waals surface area contributed by atoms with E-state index in [0.717, 1.165) is 27.8 Å². The van der Waals surface area contributed by atoms with Crippen molar-refractivity contribution in [3.05, 3.63) is 129 Å². The van der Waals surface area contributed by atoms with E-state index in [9.17, 15) is 14.4 Å². The molecule has 2 atom stereocenters. The van der Waals surface area contributed by atoms with E-state index in [1.807, 2.05) is 31.2 Å². The molecule has 8 rings (SSSR count). The molecule has 1 saturated heterocycles. The van der Waals surface area contributed by atoms with Crippen molar-refractivity contribution in [1.29, 1.82) is 0 Å². The predicted octanol–water partition coefficient (Wildman–Crippen LogP) is 6.30. The van der Waals surface area contributed by atoms with Crippen molar-refractivity contribution in [2.75, 3.05) is 10.2 Å². The molecule has 0 radical (unpaired) electrons. The zero-order valence-corrected chi connectivity index (χ0v) is 21.3. The summed E-state index contributed by atoms with van der Waals surface area (Å²) in [4.78, 5) is 42.0. The van der Waals surface area contributed by atoms with Crippen LogP contribution in [0.1, 0.15) is 50.0 Å². The number of rotatable bonds is 3. The maximum atomic E-state index is 13.9. The van der Waals surface area contributed by atoms with Crippen LogP contribution in [0.4, 0.5) is 11.4 Å². The summed E-state index contributed by atoms with van der Waals surface area (Å²) in [5, 5.41) is 3.46. The number of carbonyl (C=O) groups excluding carboxylic acids is 3. The highest BCUT2D eigenvalue weighted by molar-refractivity contribution is 6.31. The quantitative estimate of drug-likeness (QED) is 0.324. The van der Waals surface area contributed by atoms with E-state index in [1.165, 1.54) is 4.90 Å². The van der Waals surface area contributed by atoms with E-state index in [0.29, 0.717) is 22.0 Å². The lowest BCUT2D eigenvalue weighted by Crippen LogP contribution is -2.41. The van der Waals surface area contributed by atoms with Crippen molar-refractivity contribution in [1.82, 2.24) is 0 Å². The zero-order chi connectivity index (χ0) is 26.1. The van der Waals surface area contributed by atoms with Gasteiger partial charge in [0.15, 0.2) is 0 Å². The molecule has 1 aliphatic heterocycles. The van der Waals surface area contributed by atoms with Crippen LogP contribution < -0.4 is 10.2 Å². The minimum Gasteiger partial charge on any atom is -0.322 e. The molecule has 0 spiro atoms. The van der Waals surface area contributed by atoms with Crippen LogP contribution in [-0.4, -0.2) is 17.7 Å². The van der Waals surface area contributed by atoms with E-state index in [1.54, 1.807) is 42.5 Å². The van der Waals surface area contributed by atoms with Crippen LogP contribution in [0.15, 0.2) is 91.0 Å². The topological polar surface area (TPSA) is 66.5 Å². The fraction of sp³-hybridized carbons (Fsp3) is 0.156. The van der Waals surface area contributed by atoms with Crippen molar-refractivity contribution < 1.29 is 14.4 Å². The number of carbonyl (C=O) groups is 3. The zero-order valence-electron chi connectivity index (χ0n) is 20.5. The number of nitrogens with one attached hydrogen (secondary N) is 1. The summed E-state index contributed by atoms with van der Waals surface area (Å²) in [6, 6.07) is 28.4. The van der Waals surface area contributed by atoms with Crippen LogP contribution in [0.3, 0.4) is 0 Å². The Hall–Kier alpha value is -4.22. The SMILES string of the molecule is Cc1c(Cl)cccc1NC(=O)c1ccc(N2C(=O)[C@@H]3C4c5ccccc5C(c5ccccc54)[C@H]3C2=O)cc1. The predicted molar refractivity (Wildman–Crippen MR) is 147 cm³/mol. The van der Waals surface area contributed by atoms with E-state index >= 15 is 0 Å². The second kappa shape index (κ2) is 8.40. The van der Waals surface area contributed by atoms with Gasteiger partial charge in [0, 0.05) is 28.1 Å². The Morgan fingerprint density at radius 2 is 1.21 bits per heavy atom. The molecule has 2 bridgehead atoms. The fourth-order valence-electron chi connectivity index (χ4n) is 6.63. The minimum absolute atomic E-state index is 0.148. The first-order valence-electron chi connectivity index (χ1n) is 12.7. The highest BCUT2D eigenvalue weighted by Gasteiger charge is 2.61. The monoisotopic (exact) mass is 518 g/mol. The van der Waals surface area contributed by atoms with Crippen molar-refractivity contribution in [3.8, 4) is 0 Å². The van der Waals surface area contributed by atoms with Crippen LogP contribution in [0, 0.1) is 18.8 Å². The Kier molecular flexibility index (Phi) is 5.07. The molecule has 3 amide bonds. The average Bonchev–Trinajstić information content (AvgIpc) is 3.21. The van der Waals surface area contributed by atoms with Crippen LogP contribution in [0.25, 0.3) is 0 Å². The Morgan fingerprint density at radius 1 is 0.711 bits per heavy atom. The third kappa shape index (κ3) is 3.15. The van der Waals surface area contributed by atoms with Gasteiger partial charge >= 0.3 is 0 Å². The summed E-state index contributed by atoms with van der Waals surface area (Å²) < 4.78 is 0. The van der Waals surface area contributed by atoms with Crippen LogP contribution in [0.5, 0.6) is 0 Å². The molecule has 1 fully saturated rings. The summed E-state index contributed by atoms with van der Waals surface area (Å²) in [6.07, 6.45) is 0. The second-order valence-corrected chi connectivity index (χ2v) is 10.6. The van der Waals surface area contributed by atoms with Gasteiger partial charge in [-0.05, 0) is 71.1 Å². The second-order valence-electron chi connectivity index (χ2n) is 10.2. The molecule has 1 N–H and O–H groups in total. The minimum atomic E-state index is -0.439. The largest absolute Gasteiger partial charge is 0.322 e. The van der Waals surface area contributed by atoms with Crippen LogP contribution in [-0.2, 0) is 9.59 Å². The summed E-state index contributed by atoms with van der Waals surface area (Å²) in [6.45, 7) is 1.84. The van der Waals surface area contributed by atoms with Gasteiger partial charge in [-0.2, -0.15) is 0 Å². The van der Waals surface area contributed by atoms with E-state index < -0.39 is 11.8 Å². The van der Waals surface area contributed by atoms with Gasteiger partial charge in [0.25, 0.3) is 5.91 Å². The molecule has 4 aliphatic rings. The number of hydrogen-bond donors (Lipinski definition) is 1. The molecule has 186 valence electrons. The molecule has 38 heavy (non-hydrogen) atoms. The number of hydrogen-bond acceptors (Lipinski definition) is 3. The van der Waals surface area contributed by atoms with Gasteiger partial charge in [0.05, 0.1) is 17.5 Å². The lowest BCUT2D eigenvalue weighted by Gasteiger charge is -2.45. The Balaban J connectivity index is 1.21. The van der Waals surface area contributed by atoms with Gasteiger partial charge in [0.1, 0.15) is 0 Å². The Labute approximate surface area is 225 Å². The van der Waals surface area contributed by atoms with Gasteiger partial charge in [-0.3, -0.25) is 14.4 Å². The van der Waals surface area contributed by atoms with E-state index in [4.69, 9.17) is 11.6 Å². The smallest absolute Gasteiger partial charge is 0.255 e. The van der Waals surface area contributed by atoms with E-state index in [2.05, 4.69) is 29.6 Å². The Morgan fingerprint density at radius 3 is 1.71 bits per heavy atom. The first-order valence-corrected chi connectivity index (χ1v) is 13.1. The first-order chi connectivity index (χ1) is 18.5. The molecule has 1 heterocycles. The van der Waals surface area contributed by atoms with E-state index in [-0.39, 0.29) is 29.6 Å². The summed E-state index contributed by atoms with van der Waals surface area (Å²) in [7, 11) is 0. The maximum Gasteiger partial charge on any atom is 0.255 e. The molecule has 5 nitrogen and oxygen atoms in total. The van der Waals surface area contributed by atoms with Gasteiger partial charge in [0.2, 0.25) is 11.8 Å². The fourth-order valence-corrected chi connectivity index (χ4v) is 6.81. The molecule has 0 aromatic heterocycles. The molecule has 0 unspecified atom stereocenters. The standard InChI is InChI=1S/C32H23ClN2O3/c1-17-24(33)11-6-12-25(17)34-30(36)18-13-15-19(16-14-18)35-31(37)28-26-20-7-2-3-8-21(20)27(29(28)32(35)38)23-10-5-4-9-22(23)26/h2-16,26-29H,1H3,(H,34,36)/t26?,27?,28-,29-/m1/s1. The number of anilines is 2. The molecule has 4 aromatic carbocycles. The van der Waals surface area contributed by atoms with Crippen molar-refractivity contribution in [2.24, 2.45) is 11.8 Å². The third-order valence-electron chi connectivity index (χ3n) is 8.35. The van der Waals surface area contributed by atoms with Crippen molar-refractivity contribution >= 4 is 40.7 Å². The lowest BCUT2D eigenvalue weighted by atomic mass is 9.55. The molecule has 6 heteroatoms.